The van der Waals surface area contributed by atoms with Crippen molar-refractivity contribution in [3.63, 3.8) is 0 Å². The summed E-state index contributed by atoms with van der Waals surface area (Å²) in [6.07, 6.45) is 0. The molecule has 0 spiro atoms. The summed E-state index contributed by atoms with van der Waals surface area (Å²) in [7, 11) is 1.74. The van der Waals surface area contributed by atoms with Crippen LogP contribution in [0.25, 0.3) is 11.4 Å². The molecule has 1 aromatic heterocycles. The average molecular weight is 400 g/mol. The van der Waals surface area contributed by atoms with Crippen LogP contribution in [0.1, 0.15) is 10.4 Å². The van der Waals surface area contributed by atoms with Crippen LogP contribution in [0.2, 0.25) is 5.02 Å². The van der Waals surface area contributed by atoms with Crippen LogP contribution in [0.15, 0.2) is 48.5 Å². The standard InChI is InChI=1S/C18H18ClN7O2/c1-26-16(23-24-25-26)12-5-4-6-13(11-12)22-18(28)21-10-9-20-17(27)14-7-2-3-8-15(14)19/h2-8,11H,9-10H2,1H3,(H,20,27)(H2,21,22,28). The molecule has 3 N–H and O–H groups in total. The van der Waals surface area contributed by atoms with Crippen LogP contribution < -0.4 is 16.0 Å². The van der Waals surface area contributed by atoms with Gasteiger partial charge in [-0.05, 0) is 34.7 Å². The second kappa shape index (κ2) is 8.96. The Bertz CT molecular complexity index is 989. The number of aromatic nitrogens is 4. The van der Waals surface area contributed by atoms with E-state index in [2.05, 4.69) is 31.5 Å². The van der Waals surface area contributed by atoms with E-state index in [4.69, 9.17) is 11.6 Å². The minimum Gasteiger partial charge on any atom is -0.350 e. The molecule has 0 fully saturated rings. The smallest absolute Gasteiger partial charge is 0.319 e. The van der Waals surface area contributed by atoms with Crippen LogP contribution in [0, 0.1) is 0 Å². The van der Waals surface area contributed by atoms with Crippen molar-refractivity contribution >= 4 is 29.2 Å². The van der Waals surface area contributed by atoms with Crippen molar-refractivity contribution in [2.45, 2.75) is 0 Å². The van der Waals surface area contributed by atoms with Gasteiger partial charge in [-0.1, -0.05) is 35.9 Å². The predicted molar refractivity (Wildman–Crippen MR) is 105 cm³/mol. The van der Waals surface area contributed by atoms with E-state index in [-0.39, 0.29) is 25.0 Å². The second-order valence-corrected chi connectivity index (χ2v) is 6.23. The van der Waals surface area contributed by atoms with Crippen molar-refractivity contribution in [3.05, 3.63) is 59.1 Å². The van der Waals surface area contributed by atoms with Crippen LogP contribution in [-0.2, 0) is 7.05 Å². The number of amides is 3. The van der Waals surface area contributed by atoms with Crippen molar-refractivity contribution < 1.29 is 9.59 Å². The molecule has 3 rings (SSSR count). The molecule has 0 bridgehead atoms. The molecule has 3 aromatic rings. The van der Waals surface area contributed by atoms with Crippen LogP contribution in [0.4, 0.5) is 10.5 Å². The van der Waals surface area contributed by atoms with Crippen LogP contribution in [0.3, 0.4) is 0 Å². The van der Waals surface area contributed by atoms with Gasteiger partial charge in [0.15, 0.2) is 5.82 Å². The van der Waals surface area contributed by atoms with E-state index in [1.54, 1.807) is 54.2 Å². The van der Waals surface area contributed by atoms with E-state index in [1.807, 2.05) is 6.07 Å². The van der Waals surface area contributed by atoms with Crippen LogP contribution >= 0.6 is 11.6 Å². The summed E-state index contributed by atoms with van der Waals surface area (Å²) in [5, 5.41) is 19.8. The summed E-state index contributed by atoms with van der Waals surface area (Å²) in [5.41, 5.74) is 1.76. The number of nitrogens with one attached hydrogen (secondary N) is 3. The van der Waals surface area contributed by atoms with Gasteiger partial charge in [0, 0.05) is 31.4 Å². The highest BCUT2D eigenvalue weighted by atomic mass is 35.5. The number of carbonyl (C=O) groups excluding carboxylic acids is 2. The first-order valence-electron chi connectivity index (χ1n) is 8.45. The van der Waals surface area contributed by atoms with E-state index in [0.717, 1.165) is 5.56 Å². The maximum absolute atomic E-state index is 12.0. The first-order chi connectivity index (χ1) is 13.5. The number of nitrogens with zero attached hydrogens (tertiary/aromatic N) is 4. The lowest BCUT2D eigenvalue weighted by atomic mass is 10.2. The van der Waals surface area contributed by atoms with Gasteiger partial charge < -0.3 is 16.0 Å². The van der Waals surface area contributed by atoms with Crippen molar-refractivity contribution in [2.75, 3.05) is 18.4 Å². The van der Waals surface area contributed by atoms with Gasteiger partial charge in [0.05, 0.1) is 10.6 Å². The topological polar surface area (TPSA) is 114 Å². The van der Waals surface area contributed by atoms with E-state index in [1.165, 1.54) is 0 Å². The monoisotopic (exact) mass is 399 g/mol. The zero-order valence-electron chi connectivity index (χ0n) is 15.0. The largest absolute Gasteiger partial charge is 0.350 e. The summed E-state index contributed by atoms with van der Waals surface area (Å²) in [5.74, 6) is 0.295. The SMILES string of the molecule is Cn1nnnc1-c1cccc(NC(=O)NCCNC(=O)c2ccccc2Cl)c1. The number of carbonyl (C=O) groups is 2. The molecule has 144 valence electrons. The number of aryl methyl sites for hydroxylation is 1. The Hall–Kier alpha value is -3.46. The van der Waals surface area contributed by atoms with Crippen molar-refractivity contribution in [1.29, 1.82) is 0 Å². The summed E-state index contributed by atoms with van der Waals surface area (Å²) < 4.78 is 1.54. The number of hydrogen-bond donors (Lipinski definition) is 3. The Balaban J connectivity index is 1.47. The molecule has 1 heterocycles. The van der Waals surface area contributed by atoms with Gasteiger partial charge >= 0.3 is 6.03 Å². The van der Waals surface area contributed by atoms with E-state index < -0.39 is 0 Å². The van der Waals surface area contributed by atoms with Gasteiger partial charge in [-0.25, -0.2) is 9.48 Å². The Morgan fingerprint density at radius 3 is 2.61 bits per heavy atom. The molecule has 0 unspecified atom stereocenters. The van der Waals surface area contributed by atoms with Gasteiger partial charge in [0.25, 0.3) is 5.91 Å². The summed E-state index contributed by atoms with van der Waals surface area (Å²) in [6.45, 7) is 0.525. The predicted octanol–water partition coefficient (Wildman–Crippen LogP) is 2.08. The minimum absolute atomic E-state index is 0.259. The Morgan fingerprint density at radius 1 is 1.07 bits per heavy atom. The lowest BCUT2D eigenvalue weighted by molar-refractivity contribution is 0.0954. The molecule has 0 radical (unpaired) electrons. The molecular formula is C18H18ClN7O2. The molecule has 10 heteroatoms. The molecule has 3 amide bonds. The van der Waals surface area contributed by atoms with Gasteiger partial charge in [0.2, 0.25) is 0 Å². The van der Waals surface area contributed by atoms with E-state index in [0.29, 0.717) is 22.1 Å². The fraction of sp³-hybridized carbons (Fsp3) is 0.167. The number of tetrazole rings is 1. The van der Waals surface area contributed by atoms with Gasteiger partial charge in [-0.15, -0.1) is 5.10 Å². The van der Waals surface area contributed by atoms with Crippen molar-refractivity contribution in [1.82, 2.24) is 30.8 Å². The third-order valence-electron chi connectivity index (χ3n) is 3.81. The van der Waals surface area contributed by atoms with Crippen molar-refractivity contribution in [3.8, 4) is 11.4 Å². The maximum Gasteiger partial charge on any atom is 0.319 e. The Labute approximate surface area is 166 Å². The summed E-state index contributed by atoms with van der Waals surface area (Å²) in [6, 6.07) is 13.5. The fourth-order valence-corrected chi connectivity index (χ4v) is 2.70. The highest BCUT2D eigenvalue weighted by molar-refractivity contribution is 6.33. The summed E-state index contributed by atoms with van der Waals surface area (Å²) in [4.78, 5) is 24.1. The van der Waals surface area contributed by atoms with E-state index >= 15 is 0 Å². The van der Waals surface area contributed by atoms with Crippen molar-refractivity contribution in [2.24, 2.45) is 7.05 Å². The molecule has 28 heavy (non-hydrogen) atoms. The first-order valence-corrected chi connectivity index (χ1v) is 8.83. The van der Waals surface area contributed by atoms with Gasteiger partial charge in [0.1, 0.15) is 0 Å². The lowest BCUT2D eigenvalue weighted by Gasteiger charge is -2.10. The number of halogens is 1. The van der Waals surface area contributed by atoms with Gasteiger partial charge in [-0.3, -0.25) is 4.79 Å². The Kier molecular flexibility index (Phi) is 6.18. The minimum atomic E-state index is -0.389. The zero-order valence-corrected chi connectivity index (χ0v) is 15.8. The Morgan fingerprint density at radius 2 is 1.86 bits per heavy atom. The molecule has 9 nitrogen and oxygen atoms in total. The second-order valence-electron chi connectivity index (χ2n) is 5.82. The van der Waals surface area contributed by atoms with E-state index in [9.17, 15) is 9.59 Å². The lowest BCUT2D eigenvalue weighted by Crippen LogP contribution is -2.36. The van der Waals surface area contributed by atoms with Gasteiger partial charge in [-0.2, -0.15) is 0 Å². The molecular weight excluding hydrogens is 382 g/mol. The van der Waals surface area contributed by atoms with Crippen LogP contribution in [0.5, 0.6) is 0 Å². The highest BCUT2D eigenvalue weighted by Crippen LogP contribution is 2.19. The summed E-state index contributed by atoms with van der Waals surface area (Å²) >= 11 is 5.98. The molecule has 0 saturated carbocycles. The normalized spacial score (nSPS) is 10.4. The van der Waals surface area contributed by atoms with Crippen LogP contribution in [-0.4, -0.2) is 45.2 Å². The zero-order chi connectivity index (χ0) is 19.9. The quantitative estimate of drug-likeness (QED) is 0.549. The molecule has 0 aliphatic heterocycles. The molecule has 0 aliphatic carbocycles. The molecule has 0 saturated heterocycles. The average Bonchev–Trinajstić information content (AvgIpc) is 3.11. The number of hydrogen-bond acceptors (Lipinski definition) is 5. The number of rotatable bonds is 6. The highest BCUT2D eigenvalue weighted by Gasteiger charge is 2.10. The number of anilines is 1. The third-order valence-corrected chi connectivity index (χ3v) is 4.14. The molecule has 0 aliphatic rings. The molecule has 2 aromatic carbocycles. The maximum atomic E-state index is 12.0. The molecule has 0 atom stereocenters. The fourth-order valence-electron chi connectivity index (χ4n) is 2.48. The number of benzene rings is 2. The third kappa shape index (κ3) is 4.83. The first kappa shape index (κ1) is 19.3. The number of urea groups is 1.